The van der Waals surface area contributed by atoms with Crippen LogP contribution in [0, 0.1) is 0 Å². The van der Waals surface area contributed by atoms with Crippen LogP contribution in [0.3, 0.4) is 0 Å². The lowest BCUT2D eigenvalue weighted by Crippen LogP contribution is -2.42. The number of hydrogen-bond donors (Lipinski definition) is 1. The fourth-order valence-electron chi connectivity index (χ4n) is 1.64. The van der Waals surface area contributed by atoms with E-state index in [1.54, 1.807) is 12.1 Å². The molecule has 0 spiro atoms. The zero-order valence-corrected chi connectivity index (χ0v) is 12.0. The Morgan fingerprint density at radius 1 is 1.45 bits per heavy atom. The van der Waals surface area contributed by atoms with E-state index in [1.165, 1.54) is 22.5 Å². The summed E-state index contributed by atoms with van der Waals surface area (Å²) in [5.41, 5.74) is 0. The van der Waals surface area contributed by atoms with E-state index in [-0.39, 0.29) is 24.4 Å². The third kappa shape index (κ3) is 3.45. The van der Waals surface area contributed by atoms with Crippen LogP contribution in [0.25, 0.3) is 0 Å². The average Bonchev–Trinajstić information content (AvgIpc) is 3.07. The predicted octanol–water partition coefficient (Wildman–Crippen LogP) is 2.23. The highest BCUT2D eigenvalue weighted by Gasteiger charge is 2.22. The Labute approximate surface area is 120 Å². The minimum absolute atomic E-state index is 0.0265. The summed E-state index contributed by atoms with van der Waals surface area (Å²) in [4.78, 5) is 26.4. The molecule has 0 aliphatic carbocycles. The first-order chi connectivity index (χ1) is 9.58. The van der Waals surface area contributed by atoms with E-state index in [4.69, 9.17) is 0 Å². The Bertz CT molecular complexity index is 564. The number of nitrogens with zero attached hydrogens (tertiary/aromatic N) is 2. The minimum atomic E-state index is -0.308. The molecule has 106 valence electrons. The molecule has 0 aliphatic heterocycles. The average molecular weight is 293 g/mol. The molecular weight excluding hydrogens is 278 g/mol. The standard InChI is InChI=1S/C13H15N3O3S/c1-9(2)16(13(18)10-4-3-7-20-10)8-12(17)14-11-5-6-19-15-11/h3-7,9H,8H2,1-2H3,(H,14,15,17). The van der Waals surface area contributed by atoms with E-state index >= 15 is 0 Å². The molecule has 0 atom stereocenters. The number of amides is 2. The largest absolute Gasteiger partial charge is 0.363 e. The van der Waals surface area contributed by atoms with Gasteiger partial charge in [-0.1, -0.05) is 11.2 Å². The summed E-state index contributed by atoms with van der Waals surface area (Å²) in [6.07, 6.45) is 1.37. The van der Waals surface area contributed by atoms with Crippen molar-refractivity contribution in [3.8, 4) is 0 Å². The second-order valence-electron chi connectivity index (χ2n) is 4.44. The molecule has 2 amide bonds. The number of aromatic nitrogens is 1. The smallest absolute Gasteiger partial charge is 0.264 e. The van der Waals surface area contributed by atoms with Crippen LogP contribution in [0.1, 0.15) is 23.5 Å². The zero-order valence-electron chi connectivity index (χ0n) is 11.2. The first-order valence-electron chi connectivity index (χ1n) is 6.12. The van der Waals surface area contributed by atoms with Crippen LogP contribution < -0.4 is 5.32 Å². The topological polar surface area (TPSA) is 75.4 Å². The summed E-state index contributed by atoms with van der Waals surface area (Å²) in [5, 5.41) is 8.00. The molecule has 0 aromatic carbocycles. The van der Waals surface area contributed by atoms with Crippen LogP contribution in [0.2, 0.25) is 0 Å². The molecule has 0 bridgehead atoms. The maximum atomic E-state index is 12.3. The maximum Gasteiger partial charge on any atom is 0.264 e. The van der Waals surface area contributed by atoms with E-state index < -0.39 is 0 Å². The fourth-order valence-corrected chi connectivity index (χ4v) is 2.32. The van der Waals surface area contributed by atoms with E-state index in [9.17, 15) is 9.59 Å². The summed E-state index contributed by atoms with van der Waals surface area (Å²) in [6, 6.07) is 5.02. The molecule has 2 aromatic heterocycles. The Hall–Kier alpha value is -2.15. The second kappa shape index (κ2) is 6.33. The van der Waals surface area contributed by atoms with Gasteiger partial charge in [-0.3, -0.25) is 9.59 Å². The molecule has 0 unspecified atom stereocenters. The Kier molecular flexibility index (Phi) is 4.52. The molecule has 0 saturated carbocycles. The molecule has 7 heteroatoms. The molecule has 0 radical (unpaired) electrons. The van der Waals surface area contributed by atoms with Gasteiger partial charge in [0.1, 0.15) is 12.8 Å². The molecule has 20 heavy (non-hydrogen) atoms. The van der Waals surface area contributed by atoms with E-state index in [0.29, 0.717) is 10.7 Å². The third-order valence-corrected chi connectivity index (χ3v) is 3.49. The summed E-state index contributed by atoms with van der Waals surface area (Å²) in [7, 11) is 0. The van der Waals surface area contributed by atoms with Gasteiger partial charge in [0.2, 0.25) is 5.91 Å². The Morgan fingerprint density at radius 3 is 2.80 bits per heavy atom. The highest BCUT2D eigenvalue weighted by molar-refractivity contribution is 7.12. The number of carbonyl (C=O) groups excluding carboxylic acids is 2. The van der Waals surface area contributed by atoms with Gasteiger partial charge in [-0.05, 0) is 25.3 Å². The number of carbonyl (C=O) groups is 2. The van der Waals surface area contributed by atoms with Crippen molar-refractivity contribution in [2.45, 2.75) is 19.9 Å². The number of hydrogen-bond acceptors (Lipinski definition) is 5. The van der Waals surface area contributed by atoms with Gasteiger partial charge >= 0.3 is 0 Å². The van der Waals surface area contributed by atoms with Gasteiger partial charge in [-0.15, -0.1) is 11.3 Å². The summed E-state index contributed by atoms with van der Waals surface area (Å²) >= 11 is 1.36. The van der Waals surface area contributed by atoms with Crippen molar-refractivity contribution in [2.75, 3.05) is 11.9 Å². The highest BCUT2D eigenvalue weighted by Crippen LogP contribution is 2.14. The van der Waals surface area contributed by atoms with Crippen LogP contribution in [-0.2, 0) is 4.79 Å². The van der Waals surface area contributed by atoms with Crippen molar-refractivity contribution >= 4 is 29.0 Å². The number of anilines is 1. The SMILES string of the molecule is CC(C)N(CC(=O)Nc1ccon1)C(=O)c1cccs1. The van der Waals surface area contributed by atoms with Crippen LogP contribution in [0.4, 0.5) is 5.82 Å². The van der Waals surface area contributed by atoms with Crippen LogP contribution in [-0.4, -0.2) is 34.5 Å². The zero-order chi connectivity index (χ0) is 14.5. The van der Waals surface area contributed by atoms with Gasteiger partial charge in [0.25, 0.3) is 5.91 Å². The molecule has 0 fully saturated rings. The van der Waals surface area contributed by atoms with Crippen LogP contribution in [0.15, 0.2) is 34.4 Å². The lowest BCUT2D eigenvalue weighted by atomic mass is 10.3. The van der Waals surface area contributed by atoms with Crippen molar-refractivity contribution < 1.29 is 14.1 Å². The molecule has 0 saturated heterocycles. The summed E-state index contributed by atoms with van der Waals surface area (Å²) in [6.45, 7) is 3.71. The van der Waals surface area contributed by atoms with Crippen molar-refractivity contribution in [3.63, 3.8) is 0 Å². The van der Waals surface area contributed by atoms with Gasteiger partial charge in [0, 0.05) is 12.1 Å². The highest BCUT2D eigenvalue weighted by atomic mass is 32.1. The number of nitrogens with one attached hydrogen (secondary N) is 1. The van der Waals surface area contributed by atoms with Gasteiger partial charge in [-0.25, -0.2) is 0 Å². The Morgan fingerprint density at radius 2 is 2.25 bits per heavy atom. The molecule has 2 heterocycles. The molecule has 2 rings (SSSR count). The van der Waals surface area contributed by atoms with Gasteiger partial charge in [0.05, 0.1) is 4.88 Å². The number of thiophene rings is 1. The lowest BCUT2D eigenvalue weighted by molar-refractivity contribution is -0.117. The van der Waals surface area contributed by atoms with Gasteiger partial charge in [-0.2, -0.15) is 0 Å². The first-order valence-corrected chi connectivity index (χ1v) is 7.00. The van der Waals surface area contributed by atoms with Gasteiger partial charge in [0.15, 0.2) is 5.82 Å². The lowest BCUT2D eigenvalue weighted by Gasteiger charge is -2.25. The summed E-state index contributed by atoms with van der Waals surface area (Å²) < 4.78 is 4.63. The van der Waals surface area contributed by atoms with Crippen molar-refractivity contribution in [1.82, 2.24) is 10.1 Å². The monoisotopic (exact) mass is 293 g/mol. The molecule has 0 aliphatic rings. The van der Waals surface area contributed by atoms with Crippen molar-refractivity contribution in [2.24, 2.45) is 0 Å². The Balaban J connectivity index is 2.02. The second-order valence-corrected chi connectivity index (χ2v) is 5.38. The third-order valence-electron chi connectivity index (χ3n) is 2.64. The quantitative estimate of drug-likeness (QED) is 0.917. The maximum absolute atomic E-state index is 12.3. The van der Waals surface area contributed by atoms with Crippen LogP contribution in [0.5, 0.6) is 0 Å². The number of rotatable bonds is 5. The van der Waals surface area contributed by atoms with Crippen LogP contribution >= 0.6 is 11.3 Å². The first kappa shape index (κ1) is 14.3. The van der Waals surface area contributed by atoms with E-state index in [1.807, 2.05) is 25.3 Å². The summed E-state index contributed by atoms with van der Waals surface area (Å²) in [5.74, 6) is -0.120. The van der Waals surface area contributed by atoms with Crippen molar-refractivity contribution in [3.05, 3.63) is 34.7 Å². The molecule has 1 N–H and O–H groups in total. The van der Waals surface area contributed by atoms with E-state index in [0.717, 1.165) is 0 Å². The van der Waals surface area contributed by atoms with Crippen molar-refractivity contribution in [1.29, 1.82) is 0 Å². The normalized spacial score (nSPS) is 10.6. The predicted molar refractivity (Wildman–Crippen MR) is 75.6 cm³/mol. The van der Waals surface area contributed by atoms with E-state index in [2.05, 4.69) is 15.0 Å². The fraction of sp³-hybridized carbons (Fsp3) is 0.308. The van der Waals surface area contributed by atoms with Gasteiger partial charge < -0.3 is 14.7 Å². The molecule has 2 aromatic rings. The minimum Gasteiger partial charge on any atom is -0.363 e. The molecular formula is C13H15N3O3S. The molecule has 6 nitrogen and oxygen atoms in total.